The molecular weight excluding hydrogens is 493 g/mol. The second-order valence-corrected chi connectivity index (χ2v) is 11.1. The molecule has 1 saturated carbocycles. The van der Waals surface area contributed by atoms with Crippen LogP contribution in [0.2, 0.25) is 5.02 Å². The fourth-order valence-corrected chi connectivity index (χ4v) is 5.47. The molecule has 1 fully saturated rings. The second kappa shape index (κ2) is 11.9. The summed E-state index contributed by atoms with van der Waals surface area (Å²) in [5, 5.41) is 3.22. The molecule has 35 heavy (non-hydrogen) atoms. The number of hydrogen-bond donors (Lipinski definition) is 1. The van der Waals surface area contributed by atoms with Gasteiger partial charge in [0.05, 0.1) is 17.0 Å². The number of anilines is 1. The maximum Gasteiger partial charge on any atom is 0.244 e. The lowest BCUT2D eigenvalue weighted by Crippen LogP contribution is -2.53. The van der Waals surface area contributed by atoms with Crippen LogP contribution in [0, 0.1) is 5.82 Å². The van der Waals surface area contributed by atoms with Crippen LogP contribution in [0.5, 0.6) is 0 Å². The number of halogens is 2. The molecule has 1 aliphatic rings. The van der Waals surface area contributed by atoms with Gasteiger partial charge in [0, 0.05) is 12.6 Å². The van der Waals surface area contributed by atoms with Gasteiger partial charge in [0.1, 0.15) is 18.4 Å². The molecule has 2 amide bonds. The van der Waals surface area contributed by atoms with E-state index >= 15 is 0 Å². The number of rotatable bonds is 10. The first-order chi connectivity index (χ1) is 16.6. The van der Waals surface area contributed by atoms with E-state index in [0.717, 1.165) is 36.2 Å². The van der Waals surface area contributed by atoms with E-state index in [-0.39, 0.29) is 29.2 Å². The molecule has 1 aliphatic carbocycles. The van der Waals surface area contributed by atoms with Crippen molar-refractivity contribution in [1.82, 2.24) is 10.2 Å². The summed E-state index contributed by atoms with van der Waals surface area (Å²) in [6.07, 6.45) is 5.20. The lowest BCUT2D eigenvalue weighted by molar-refractivity contribution is -0.140. The molecule has 1 unspecified atom stereocenters. The summed E-state index contributed by atoms with van der Waals surface area (Å²) in [6, 6.07) is 11.2. The van der Waals surface area contributed by atoms with E-state index in [2.05, 4.69) is 5.32 Å². The Bertz CT molecular complexity index is 1140. The molecule has 7 nitrogen and oxygen atoms in total. The third-order valence-corrected chi connectivity index (χ3v) is 7.60. The molecule has 1 N–H and O–H groups in total. The summed E-state index contributed by atoms with van der Waals surface area (Å²) in [6.45, 7) is 1.29. The topological polar surface area (TPSA) is 86.8 Å². The normalized spacial score (nSPS) is 15.0. The smallest absolute Gasteiger partial charge is 0.244 e. The van der Waals surface area contributed by atoms with Crippen LogP contribution >= 0.6 is 11.6 Å². The fraction of sp³-hybridized carbons (Fsp3) is 0.440. The molecule has 3 rings (SSSR count). The minimum atomic E-state index is -3.87. The van der Waals surface area contributed by atoms with Crippen LogP contribution in [-0.2, 0) is 26.2 Å². The van der Waals surface area contributed by atoms with Gasteiger partial charge < -0.3 is 10.2 Å². The number of carbonyl (C=O) groups is 2. The van der Waals surface area contributed by atoms with E-state index in [1.807, 2.05) is 0 Å². The molecule has 0 bridgehead atoms. The van der Waals surface area contributed by atoms with Crippen molar-refractivity contribution >= 4 is 39.1 Å². The average Bonchev–Trinajstić information content (AvgIpc) is 3.31. The van der Waals surface area contributed by atoms with Crippen molar-refractivity contribution in [2.24, 2.45) is 0 Å². The summed E-state index contributed by atoms with van der Waals surface area (Å²) >= 11 is 6.24. The van der Waals surface area contributed by atoms with E-state index in [1.54, 1.807) is 37.3 Å². The van der Waals surface area contributed by atoms with Crippen molar-refractivity contribution in [3.63, 3.8) is 0 Å². The van der Waals surface area contributed by atoms with E-state index in [4.69, 9.17) is 11.6 Å². The molecule has 0 heterocycles. The Kier molecular flexibility index (Phi) is 9.13. The SMILES string of the molecule is CCC(C(=O)NC1CCCC1)N(Cc1ccc(F)cc1)C(=O)CN(c1ccccc1Cl)S(C)(=O)=O. The summed E-state index contributed by atoms with van der Waals surface area (Å²) in [5.41, 5.74) is 0.797. The zero-order valence-corrected chi connectivity index (χ0v) is 21.5. The van der Waals surface area contributed by atoms with E-state index < -0.39 is 34.3 Å². The predicted molar refractivity (Wildman–Crippen MR) is 135 cm³/mol. The zero-order chi connectivity index (χ0) is 25.6. The lowest BCUT2D eigenvalue weighted by atomic mass is 10.1. The highest BCUT2D eigenvalue weighted by Gasteiger charge is 2.33. The Balaban J connectivity index is 1.92. The molecule has 0 saturated heterocycles. The Hall–Kier alpha value is -2.65. The summed E-state index contributed by atoms with van der Waals surface area (Å²) in [7, 11) is -3.87. The van der Waals surface area contributed by atoms with Crippen molar-refractivity contribution in [1.29, 1.82) is 0 Å². The zero-order valence-electron chi connectivity index (χ0n) is 19.9. The molecule has 0 aliphatic heterocycles. The largest absolute Gasteiger partial charge is 0.352 e. The quantitative estimate of drug-likeness (QED) is 0.507. The number of nitrogens with one attached hydrogen (secondary N) is 1. The van der Waals surface area contributed by atoms with Crippen LogP contribution < -0.4 is 9.62 Å². The third kappa shape index (κ3) is 7.18. The van der Waals surface area contributed by atoms with Crippen LogP contribution in [0.1, 0.15) is 44.6 Å². The number of benzene rings is 2. The molecule has 1 atom stereocenters. The number of carbonyl (C=O) groups excluding carboxylic acids is 2. The molecule has 0 spiro atoms. The minimum Gasteiger partial charge on any atom is -0.352 e. The van der Waals surface area contributed by atoms with Gasteiger partial charge in [-0.2, -0.15) is 0 Å². The lowest BCUT2D eigenvalue weighted by Gasteiger charge is -2.33. The van der Waals surface area contributed by atoms with Crippen molar-refractivity contribution < 1.29 is 22.4 Å². The van der Waals surface area contributed by atoms with Crippen molar-refractivity contribution in [3.8, 4) is 0 Å². The number of nitrogens with zero attached hydrogens (tertiary/aromatic N) is 2. The van der Waals surface area contributed by atoms with E-state index in [1.165, 1.54) is 23.1 Å². The molecular formula is C25H31ClFN3O4S. The summed E-state index contributed by atoms with van der Waals surface area (Å²) in [5.74, 6) is -1.26. The summed E-state index contributed by atoms with van der Waals surface area (Å²) < 4.78 is 39.6. The van der Waals surface area contributed by atoms with Crippen molar-refractivity contribution in [2.45, 2.75) is 57.7 Å². The van der Waals surface area contributed by atoms with Gasteiger partial charge in [-0.25, -0.2) is 12.8 Å². The van der Waals surface area contributed by atoms with Gasteiger partial charge in [-0.15, -0.1) is 0 Å². The van der Waals surface area contributed by atoms with Crippen LogP contribution in [0.4, 0.5) is 10.1 Å². The Morgan fingerprint density at radius 2 is 1.74 bits per heavy atom. The van der Waals surface area contributed by atoms with E-state index in [0.29, 0.717) is 12.0 Å². The standard InChI is InChI=1S/C25H31ClFN3O4S/c1-3-22(25(32)28-20-8-4-5-9-20)29(16-18-12-14-19(27)15-13-18)24(31)17-30(35(2,33)34)23-11-7-6-10-21(23)26/h6-7,10-15,20,22H,3-5,8-9,16-17H2,1-2H3,(H,28,32). The molecule has 190 valence electrons. The number of amides is 2. The Morgan fingerprint density at radius 3 is 2.31 bits per heavy atom. The first-order valence-electron chi connectivity index (χ1n) is 11.7. The molecule has 0 radical (unpaired) electrons. The predicted octanol–water partition coefficient (Wildman–Crippen LogP) is 4.11. The highest BCUT2D eigenvalue weighted by molar-refractivity contribution is 7.92. The molecule has 2 aromatic rings. The van der Waals surface area contributed by atoms with Gasteiger partial charge in [0.15, 0.2) is 0 Å². The van der Waals surface area contributed by atoms with Crippen LogP contribution in [0.3, 0.4) is 0 Å². The second-order valence-electron chi connectivity index (χ2n) is 8.78. The highest BCUT2D eigenvalue weighted by atomic mass is 35.5. The van der Waals surface area contributed by atoms with Gasteiger partial charge in [-0.05, 0) is 49.1 Å². The van der Waals surface area contributed by atoms with Crippen LogP contribution in [0.15, 0.2) is 48.5 Å². The number of para-hydroxylation sites is 1. The number of hydrogen-bond acceptors (Lipinski definition) is 4. The van der Waals surface area contributed by atoms with Crippen LogP contribution in [0.25, 0.3) is 0 Å². The van der Waals surface area contributed by atoms with E-state index in [9.17, 15) is 22.4 Å². The number of sulfonamides is 1. The third-order valence-electron chi connectivity index (χ3n) is 6.15. The highest BCUT2D eigenvalue weighted by Crippen LogP contribution is 2.28. The minimum absolute atomic E-state index is 0.0236. The van der Waals surface area contributed by atoms with Crippen molar-refractivity contribution in [2.75, 3.05) is 17.1 Å². The Morgan fingerprint density at radius 1 is 1.11 bits per heavy atom. The molecule has 2 aromatic carbocycles. The maximum absolute atomic E-state index is 13.6. The van der Waals surface area contributed by atoms with Gasteiger partial charge in [0.2, 0.25) is 21.8 Å². The van der Waals surface area contributed by atoms with Gasteiger partial charge in [-0.3, -0.25) is 13.9 Å². The van der Waals surface area contributed by atoms with Gasteiger partial charge >= 0.3 is 0 Å². The van der Waals surface area contributed by atoms with Crippen molar-refractivity contribution in [3.05, 3.63) is 64.9 Å². The first kappa shape index (κ1) is 26.9. The van der Waals surface area contributed by atoms with Gasteiger partial charge in [0.25, 0.3) is 0 Å². The average molecular weight is 524 g/mol. The fourth-order valence-electron chi connectivity index (χ4n) is 4.32. The maximum atomic E-state index is 13.6. The monoisotopic (exact) mass is 523 g/mol. The van der Waals surface area contributed by atoms with Gasteiger partial charge in [-0.1, -0.05) is 55.6 Å². The molecule has 10 heteroatoms. The summed E-state index contributed by atoms with van der Waals surface area (Å²) in [4.78, 5) is 28.2. The molecule has 0 aromatic heterocycles. The Labute approximate surface area is 211 Å². The first-order valence-corrected chi connectivity index (χ1v) is 13.9. The van der Waals surface area contributed by atoms with Crippen LogP contribution in [-0.4, -0.2) is 50.0 Å².